The molecule has 0 unspecified atom stereocenters. The van der Waals surface area contributed by atoms with E-state index in [1.165, 1.54) is 0 Å². The van der Waals surface area contributed by atoms with Gasteiger partial charge in [-0.2, -0.15) is 0 Å². The summed E-state index contributed by atoms with van der Waals surface area (Å²) in [6.45, 7) is 6.19. The van der Waals surface area contributed by atoms with Crippen molar-refractivity contribution in [1.82, 2.24) is 14.7 Å². The van der Waals surface area contributed by atoms with Crippen molar-refractivity contribution in [2.45, 2.75) is 13.0 Å². The van der Waals surface area contributed by atoms with Gasteiger partial charge in [0.15, 0.2) is 0 Å². The first kappa shape index (κ1) is 17.6. The minimum atomic E-state index is 0.629. The minimum Gasteiger partial charge on any atom is -0.494 e. The Morgan fingerprint density at radius 1 is 1.25 bits per heavy atom. The van der Waals surface area contributed by atoms with Crippen LogP contribution in [0.1, 0.15) is 11.3 Å². The van der Waals surface area contributed by atoms with Gasteiger partial charge < -0.3 is 9.47 Å². The number of aromatic nitrogens is 1. The monoisotopic (exact) mass is 367 g/mol. The van der Waals surface area contributed by atoms with Crippen molar-refractivity contribution in [2.24, 2.45) is 0 Å². The van der Waals surface area contributed by atoms with Crippen LogP contribution in [-0.2, 0) is 11.3 Å². The van der Waals surface area contributed by atoms with Gasteiger partial charge in [0.2, 0.25) is 0 Å². The molecule has 0 spiro atoms. The quantitative estimate of drug-likeness (QED) is 0.573. The van der Waals surface area contributed by atoms with Crippen molar-refractivity contribution in [3.05, 3.63) is 35.3 Å². The molecule has 0 amide bonds. The van der Waals surface area contributed by atoms with Crippen molar-refractivity contribution >= 4 is 23.1 Å². The first-order chi connectivity index (χ1) is 11.8. The second kappa shape index (κ2) is 9.34. The summed E-state index contributed by atoms with van der Waals surface area (Å²) in [5.74, 6) is 0.903. The van der Waals surface area contributed by atoms with Gasteiger partial charge in [0.25, 0.3) is 0 Å². The maximum absolute atomic E-state index is 5.83. The summed E-state index contributed by atoms with van der Waals surface area (Å²) in [5, 5.41) is 0.996. The highest BCUT2D eigenvalue weighted by atomic mass is 35.5. The molecule has 1 N–H and O–H groups in total. The van der Waals surface area contributed by atoms with Crippen LogP contribution in [0.15, 0.2) is 30.5 Å². The fourth-order valence-corrected chi connectivity index (χ4v) is 3.67. The van der Waals surface area contributed by atoms with E-state index in [9.17, 15) is 0 Å². The second-order valence-electron chi connectivity index (χ2n) is 5.62. The van der Waals surface area contributed by atoms with E-state index in [4.69, 9.17) is 21.3 Å². The van der Waals surface area contributed by atoms with Crippen molar-refractivity contribution in [1.29, 1.82) is 0 Å². The van der Waals surface area contributed by atoms with Crippen LogP contribution in [0.3, 0.4) is 0 Å². The molecule has 130 valence electrons. The zero-order chi connectivity index (χ0) is 16.6. The normalized spacial score (nSPS) is 15.5. The van der Waals surface area contributed by atoms with E-state index in [-0.39, 0.29) is 0 Å². The van der Waals surface area contributed by atoms with E-state index in [1.54, 1.807) is 11.3 Å². The van der Waals surface area contributed by atoms with Gasteiger partial charge in [-0.3, -0.25) is 4.90 Å². The molecule has 2 heterocycles. The van der Waals surface area contributed by atoms with Crippen LogP contribution in [0.5, 0.6) is 5.75 Å². The molecule has 24 heavy (non-hydrogen) atoms. The number of nitrogens with one attached hydrogen (secondary N) is 1. The largest absolute Gasteiger partial charge is 0.494 e. The third-order valence-electron chi connectivity index (χ3n) is 3.89. The zero-order valence-electron chi connectivity index (χ0n) is 13.5. The molecule has 0 atom stereocenters. The van der Waals surface area contributed by atoms with Crippen molar-refractivity contribution in [2.75, 3.05) is 39.5 Å². The van der Waals surface area contributed by atoms with Gasteiger partial charge in [-0.05, 0) is 42.5 Å². The second-order valence-corrected chi connectivity index (χ2v) is 7.01. The Hall–Kier alpha value is -1.18. The summed E-state index contributed by atoms with van der Waals surface area (Å²) in [7, 11) is 0. The van der Waals surface area contributed by atoms with E-state index < -0.39 is 0 Å². The van der Waals surface area contributed by atoms with Crippen LogP contribution in [0.25, 0.3) is 10.6 Å². The van der Waals surface area contributed by atoms with Gasteiger partial charge in [0.05, 0.1) is 19.8 Å². The smallest absolute Gasteiger partial charge is 0.123 e. The number of hydrogen-bond donors (Lipinski definition) is 1. The molecule has 0 radical (unpaired) electrons. The SMILES string of the molecule is ClNCc1cnc(-c2ccc(OCCCN3CCOCC3)cc2)s1. The number of nitrogens with zero attached hydrogens (tertiary/aromatic N) is 2. The Morgan fingerprint density at radius 3 is 2.79 bits per heavy atom. The number of benzene rings is 1. The van der Waals surface area contributed by atoms with Crippen molar-refractivity contribution in [3.8, 4) is 16.3 Å². The third-order valence-corrected chi connectivity index (χ3v) is 5.07. The van der Waals surface area contributed by atoms with Gasteiger partial charge in [0.1, 0.15) is 10.8 Å². The molecule has 0 aliphatic carbocycles. The number of ether oxygens (including phenoxy) is 2. The molecular formula is C17H22ClN3O2S. The first-order valence-electron chi connectivity index (χ1n) is 8.17. The highest BCUT2D eigenvalue weighted by molar-refractivity contribution is 7.15. The van der Waals surface area contributed by atoms with Gasteiger partial charge in [-0.25, -0.2) is 9.82 Å². The van der Waals surface area contributed by atoms with Gasteiger partial charge in [-0.1, -0.05) is 0 Å². The van der Waals surface area contributed by atoms with Gasteiger partial charge in [-0.15, -0.1) is 11.3 Å². The van der Waals surface area contributed by atoms with Gasteiger partial charge in [0, 0.05) is 42.8 Å². The molecule has 3 rings (SSSR count). The predicted octanol–water partition coefficient (Wildman–Crippen LogP) is 3.15. The summed E-state index contributed by atoms with van der Waals surface area (Å²) < 4.78 is 11.2. The molecule has 2 aromatic rings. The number of thiazole rings is 1. The average molecular weight is 368 g/mol. The number of halogens is 1. The molecule has 5 nitrogen and oxygen atoms in total. The molecule has 7 heteroatoms. The molecule has 1 aromatic carbocycles. The number of rotatable bonds is 8. The highest BCUT2D eigenvalue weighted by Crippen LogP contribution is 2.27. The van der Waals surface area contributed by atoms with Crippen LogP contribution in [0.4, 0.5) is 0 Å². The summed E-state index contributed by atoms with van der Waals surface area (Å²) in [4.78, 5) is 10.6. The maximum Gasteiger partial charge on any atom is 0.123 e. The van der Waals surface area contributed by atoms with Crippen LogP contribution in [-0.4, -0.2) is 49.3 Å². The van der Waals surface area contributed by atoms with Crippen LogP contribution in [0.2, 0.25) is 0 Å². The Bertz CT molecular complexity index is 615. The average Bonchev–Trinajstić information content (AvgIpc) is 3.09. The lowest BCUT2D eigenvalue weighted by atomic mass is 10.2. The number of hydrogen-bond acceptors (Lipinski definition) is 6. The van der Waals surface area contributed by atoms with E-state index in [0.29, 0.717) is 6.54 Å². The lowest BCUT2D eigenvalue weighted by Gasteiger charge is -2.26. The fraction of sp³-hybridized carbons (Fsp3) is 0.471. The predicted molar refractivity (Wildman–Crippen MR) is 97.6 cm³/mol. The van der Waals surface area contributed by atoms with Crippen LogP contribution < -0.4 is 9.57 Å². The van der Waals surface area contributed by atoms with Crippen molar-refractivity contribution in [3.63, 3.8) is 0 Å². The highest BCUT2D eigenvalue weighted by Gasteiger charge is 2.09. The zero-order valence-corrected chi connectivity index (χ0v) is 15.1. The Balaban J connectivity index is 1.43. The Labute approximate surface area is 151 Å². The topological polar surface area (TPSA) is 46.6 Å². The molecule has 0 bridgehead atoms. The summed E-state index contributed by atoms with van der Waals surface area (Å²) in [6, 6.07) is 8.11. The van der Waals surface area contributed by atoms with Crippen LogP contribution in [0, 0.1) is 0 Å². The van der Waals surface area contributed by atoms with E-state index in [1.807, 2.05) is 30.5 Å². The molecule has 1 fully saturated rings. The van der Waals surface area contributed by atoms with E-state index in [0.717, 1.165) is 67.1 Å². The lowest BCUT2D eigenvalue weighted by Crippen LogP contribution is -2.37. The summed E-state index contributed by atoms with van der Waals surface area (Å²) >= 11 is 7.16. The lowest BCUT2D eigenvalue weighted by molar-refractivity contribution is 0.0358. The molecule has 0 saturated carbocycles. The molecule has 1 aliphatic heterocycles. The maximum atomic E-state index is 5.83. The van der Waals surface area contributed by atoms with E-state index >= 15 is 0 Å². The van der Waals surface area contributed by atoms with Crippen LogP contribution >= 0.6 is 23.1 Å². The molecule has 1 saturated heterocycles. The molecular weight excluding hydrogens is 346 g/mol. The van der Waals surface area contributed by atoms with Gasteiger partial charge >= 0.3 is 0 Å². The first-order valence-corrected chi connectivity index (χ1v) is 9.36. The Morgan fingerprint density at radius 2 is 2.04 bits per heavy atom. The minimum absolute atomic E-state index is 0.629. The molecule has 1 aromatic heterocycles. The standard InChI is InChI=1S/C17H22ClN3O2S/c18-20-13-16-12-19-17(24-16)14-2-4-15(5-3-14)23-9-1-6-21-7-10-22-11-8-21/h2-5,12,20H,1,6-11,13H2. The summed E-state index contributed by atoms with van der Waals surface area (Å²) in [5.41, 5.74) is 1.10. The van der Waals surface area contributed by atoms with E-state index in [2.05, 4.69) is 14.7 Å². The fourth-order valence-electron chi connectivity index (χ4n) is 2.59. The third kappa shape index (κ3) is 5.16. The molecule has 1 aliphatic rings. The summed E-state index contributed by atoms with van der Waals surface area (Å²) in [6.07, 6.45) is 2.88. The number of morpholine rings is 1. The van der Waals surface area contributed by atoms with Crippen molar-refractivity contribution < 1.29 is 9.47 Å². The Kier molecular flexibility index (Phi) is 6.86.